The van der Waals surface area contributed by atoms with Crippen LogP contribution in [-0.2, 0) is 0 Å². The standard InChI is InChI=1S/C16H16Br2O/c1-2-10-19-15-5-3-4-13(11-15)16(18)12-6-8-14(17)9-7-12/h3-9,11,16H,2,10H2,1H3. The van der Waals surface area contributed by atoms with Gasteiger partial charge >= 0.3 is 0 Å². The van der Waals surface area contributed by atoms with Crippen LogP contribution in [0.2, 0.25) is 0 Å². The minimum atomic E-state index is 0.186. The SMILES string of the molecule is CCCOc1cccc(C(Br)c2ccc(Br)cc2)c1. The Bertz CT molecular complexity index is 523. The van der Waals surface area contributed by atoms with Crippen LogP contribution < -0.4 is 4.74 Å². The van der Waals surface area contributed by atoms with Crippen LogP contribution in [0, 0.1) is 0 Å². The van der Waals surface area contributed by atoms with Crippen molar-refractivity contribution < 1.29 is 4.74 Å². The largest absolute Gasteiger partial charge is 0.494 e. The van der Waals surface area contributed by atoms with E-state index in [9.17, 15) is 0 Å². The third-order valence-electron chi connectivity index (χ3n) is 2.79. The molecule has 0 amide bonds. The Kier molecular flexibility index (Phi) is 5.46. The molecule has 1 atom stereocenters. The van der Waals surface area contributed by atoms with Crippen molar-refractivity contribution in [2.24, 2.45) is 0 Å². The average Bonchev–Trinajstić information content (AvgIpc) is 2.45. The maximum atomic E-state index is 5.67. The Morgan fingerprint density at radius 2 is 1.79 bits per heavy atom. The van der Waals surface area contributed by atoms with Gasteiger partial charge in [-0.25, -0.2) is 0 Å². The first kappa shape index (κ1) is 14.6. The molecule has 0 aliphatic rings. The fourth-order valence-corrected chi connectivity index (χ4v) is 2.66. The first-order valence-electron chi connectivity index (χ1n) is 6.33. The van der Waals surface area contributed by atoms with E-state index in [1.54, 1.807) is 0 Å². The zero-order valence-electron chi connectivity index (χ0n) is 10.8. The van der Waals surface area contributed by atoms with Gasteiger partial charge in [0, 0.05) is 4.47 Å². The minimum Gasteiger partial charge on any atom is -0.494 e. The summed E-state index contributed by atoms with van der Waals surface area (Å²) in [4.78, 5) is 0.186. The zero-order chi connectivity index (χ0) is 13.7. The van der Waals surface area contributed by atoms with Gasteiger partial charge in [-0.2, -0.15) is 0 Å². The quantitative estimate of drug-likeness (QED) is 0.599. The van der Waals surface area contributed by atoms with Gasteiger partial charge in [-0.05, 0) is 41.8 Å². The summed E-state index contributed by atoms with van der Waals surface area (Å²) >= 11 is 7.21. The van der Waals surface area contributed by atoms with Gasteiger partial charge in [0.05, 0.1) is 11.4 Å². The van der Waals surface area contributed by atoms with Crippen LogP contribution in [0.5, 0.6) is 5.75 Å². The van der Waals surface area contributed by atoms with E-state index < -0.39 is 0 Å². The maximum absolute atomic E-state index is 5.67. The molecule has 0 fully saturated rings. The number of halogens is 2. The van der Waals surface area contributed by atoms with Crippen molar-refractivity contribution in [1.82, 2.24) is 0 Å². The monoisotopic (exact) mass is 382 g/mol. The Hall–Kier alpha value is -0.800. The highest BCUT2D eigenvalue weighted by molar-refractivity contribution is 9.10. The summed E-state index contributed by atoms with van der Waals surface area (Å²) < 4.78 is 6.77. The van der Waals surface area contributed by atoms with Gasteiger partial charge in [-0.3, -0.25) is 0 Å². The molecule has 0 bridgehead atoms. The molecule has 100 valence electrons. The molecule has 0 spiro atoms. The smallest absolute Gasteiger partial charge is 0.119 e. The molecule has 3 heteroatoms. The van der Waals surface area contributed by atoms with Gasteiger partial charge in [0.15, 0.2) is 0 Å². The van der Waals surface area contributed by atoms with E-state index in [0.717, 1.165) is 23.2 Å². The molecule has 2 rings (SSSR count). The Morgan fingerprint density at radius 3 is 2.47 bits per heavy atom. The molecular weight excluding hydrogens is 368 g/mol. The predicted octanol–water partition coefficient (Wildman–Crippen LogP) is 5.72. The molecule has 0 saturated heterocycles. The molecule has 1 unspecified atom stereocenters. The first-order chi connectivity index (χ1) is 9.20. The van der Waals surface area contributed by atoms with Crippen molar-refractivity contribution in [1.29, 1.82) is 0 Å². The van der Waals surface area contributed by atoms with E-state index in [2.05, 4.69) is 75.2 Å². The van der Waals surface area contributed by atoms with Crippen molar-refractivity contribution in [3.8, 4) is 5.75 Å². The lowest BCUT2D eigenvalue weighted by molar-refractivity contribution is 0.317. The predicted molar refractivity (Wildman–Crippen MR) is 87.1 cm³/mol. The van der Waals surface area contributed by atoms with Crippen LogP contribution in [0.1, 0.15) is 29.3 Å². The topological polar surface area (TPSA) is 9.23 Å². The van der Waals surface area contributed by atoms with E-state index in [-0.39, 0.29) is 4.83 Å². The number of rotatable bonds is 5. The average molecular weight is 384 g/mol. The minimum absolute atomic E-state index is 0.186. The lowest BCUT2D eigenvalue weighted by atomic mass is 10.0. The number of alkyl halides is 1. The van der Waals surface area contributed by atoms with Crippen LogP contribution in [0.3, 0.4) is 0 Å². The molecule has 0 aliphatic carbocycles. The molecule has 0 heterocycles. The molecule has 0 radical (unpaired) electrons. The van der Waals surface area contributed by atoms with Crippen molar-refractivity contribution in [3.05, 3.63) is 64.1 Å². The highest BCUT2D eigenvalue weighted by atomic mass is 79.9. The second-order valence-corrected chi connectivity index (χ2v) is 6.17. The second-order valence-electron chi connectivity index (χ2n) is 4.34. The van der Waals surface area contributed by atoms with Crippen LogP contribution in [0.4, 0.5) is 0 Å². The Balaban J connectivity index is 2.18. The summed E-state index contributed by atoms with van der Waals surface area (Å²) in [6.45, 7) is 2.87. The number of benzene rings is 2. The van der Waals surface area contributed by atoms with Gasteiger partial charge in [0.2, 0.25) is 0 Å². The molecule has 1 nitrogen and oxygen atoms in total. The number of ether oxygens (including phenoxy) is 1. The van der Waals surface area contributed by atoms with Crippen molar-refractivity contribution in [2.75, 3.05) is 6.61 Å². The summed E-state index contributed by atoms with van der Waals surface area (Å²) in [5.74, 6) is 0.931. The van der Waals surface area contributed by atoms with Crippen LogP contribution >= 0.6 is 31.9 Å². The molecule has 0 aliphatic heterocycles. The highest BCUT2D eigenvalue weighted by Gasteiger charge is 2.10. The molecule has 19 heavy (non-hydrogen) atoms. The van der Waals surface area contributed by atoms with Crippen molar-refractivity contribution in [2.45, 2.75) is 18.2 Å². The number of hydrogen-bond acceptors (Lipinski definition) is 1. The molecule has 0 saturated carbocycles. The van der Waals surface area contributed by atoms with Crippen LogP contribution in [-0.4, -0.2) is 6.61 Å². The Labute approximate surface area is 131 Å². The molecule has 2 aromatic rings. The van der Waals surface area contributed by atoms with E-state index in [0.29, 0.717) is 0 Å². The second kappa shape index (κ2) is 7.11. The van der Waals surface area contributed by atoms with Gasteiger partial charge in [0.1, 0.15) is 5.75 Å². The Morgan fingerprint density at radius 1 is 1.05 bits per heavy atom. The third kappa shape index (κ3) is 4.08. The molecule has 2 aromatic carbocycles. The first-order valence-corrected chi connectivity index (χ1v) is 8.04. The lowest BCUT2D eigenvalue weighted by Crippen LogP contribution is -1.97. The summed E-state index contributed by atoms with van der Waals surface area (Å²) in [7, 11) is 0. The summed E-state index contributed by atoms with van der Waals surface area (Å²) in [5, 5.41) is 0. The summed E-state index contributed by atoms with van der Waals surface area (Å²) in [5.41, 5.74) is 2.44. The van der Waals surface area contributed by atoms with Crippen molar-refractivity contribution in [3.63, 3.8) is 0 Å². The molecular formula is C16H16Br2O. The zero-order valence-corrected chi connectivity index (χ0v) is 13.9. The van der Waals surface area contributed by atoms with Gasteiger partial charge in [-0.15, -0.1) is 0 Å². The normalized spacial score (nSPS) is 12.2. The van der Waals surface area contributed by atoms with Crippen molar-refractivity contribution >= 4 is 31.9 Å². The fraction of sp³-hybridized carbons (Fsp3) is 0.250. The maximum Gasteiger partial charge on any atom is 0.119 e. The summed E-state index contributed by atoms with van der Waals surface area (Å²) in [6, 6.07) is 16.6. The molecule has 0 N–H and O–H groups in total. The summed E-state index contributed by atoms with van der Waals surface area (Å²) in [6.07, 6.45) is 1.02. The van der Waals surface area contributed by atoms with Gasteiger partial charge in [-0.1, -0.05) is 63.0 Å². The van der Waals surface area contributed by atoms with E-state index >= 15 is 0 Å². The highest BCUT2D eigenvalue weighted by Crippen LogP contribution is 2.33. The van der Waals surface area contributed by atoms with E-state index in [1.165, 1.54) is 11.1 Å². The van der Waals surface area contributed by atoms with Gasteiger partial charge in [0.25, 0.3) is 0 Å². The molecule has 0 aromatic heterocycles. The lowest BCUT2D eigenvalue weighted by Gasteiger charge is -2.13. The van der Waals surface area contributed by atoms with E-state index in [4.69, 9.17) is 4.74 Å². The van der Waals surface area contributed by atoms with E-state index in [1.807, 2.05) is 12.1 Å². The third-order valence-corrected chi connectivity index (χ3v) is 4.37. The van der Waals surface area contributed by atoms with Crippen LogP contribution in [0.15, 0.2) is 53.0 Å². The fourth-order valence-electron chi connectivity index (χ4n) is 1.81. The van der Waals surface area contributed by atoms with Gasteiger partial charge < -0.3 is 4.74 Å². The van der Waals surface area contributed by atoms with Crippen LogP contribution in [0.25, 0.3) is 0 Å². The number of hydrogen-bond donors (Lipinski definition) is 0.